The van der Waals surface area contributed by atoms with Gasteiger partial charge in [-0.1, -0.05) is 27.7 Å². The number of hydrogen-bond donors (Lipinski definition) is 1. The van der Waals surface area contributed by atoms with Gasteiger partial charge in [0.2, 0.25) is 0 Å². The van der Waals surface area contributed by atoms with E-state index in [4.69, 9.17) is 26.8 Å². The maximum Gasteiger partial charge on any atom is 0.323 e. The highest BCUT2D eigenvalue weighted by atomic mass is 16.5. The number of ether oxygens (including phenoxy) is 3. The van der Waals surface area contributed by atoms with Gasteiger partial charge >= 0.3 is 5.97 Å². The predicted octanol–water partition coefficient (Wildman–Crippen LogP) is 3.56. The minimum Gasteiger partial charge on any atom is -0.493 e. The highest BCUT2D eigenvalue weighted by molar-refractivity contribution is 5.76. The standard InChI is InChI=1S/C24H38N2O4/c1-14(2)9-17-13-26-8-7-16-10-21(28-5)22(29-6)11-18(16)19(26)12-20(17)30-24(27)23(25)15(3)4/h10-11,14-15,17,19-20,23H,7-9,12-13,25H2,1-6H3/t17?,19?,20?,23-/m0/s1/i5D3,10D,11D. The Balaban J connectivity index is 2.02. The Hall–Kier alpha value is -1.79. The lowest BCUT2D eigenvalue weighted by Crippen LogP contribution is -2.51. The van der Waals surface area contributed by atoms with E-state index in [0.29, 0.717) is 43.0 Å². The quantitative estimate of drug-likeness (QED) is 0.676. The van der Waals surface area contributed by atoms with Crippen molar-refractivity contribution in [3.8, 4) is 11.5 Å². The second-order valence-corrected chi connectivity index (χ2v) is 9.24. The summed E-state index contributed by atoms with van der Waals surface area (Å²) >= 11 is 0. The first-order valence-electron chi connectivity index (χ1n) is 13.3. The fourth-order valence-corrected chi connectivity index (χ4v) is 4.60. The molecule has 0 radical (unpaired) electrons. The molecule has 0 bridgehead atoms. The van der Waals surface area contributed by atoms with Crippen LogP contribution in [0.5, 0.6) is 11.5 Å². The molecule has 0 amide bonds. The Kier molecular flexibility index (Phi) is 5.37. The van der Waals surface area contributed by atoms with E-state index < -0.39 is 19.0 Å². The molecule has 2 N–H and O–H groups in total. The van der Waals surface area contributed by atoms with Crippen molar-refractivity contribution < 1.29 is 25.9 Å². The zero-order chi connectivity index (χ0) is 26.2. The summed E-state index contributed by atoms with van der Waals surface area (Å²) in [6.07, 6.45) is 1.47. The molecule has 0 saturated carbocycles. The van der Waals surface area contributed by atoms with Gasteiger partial charge in [0.05, 0.1) is 21.0 Å². The molecule has 2 heterocycles. The highest BCUT2D eigenvalue weighted by Crippen LogP contribution is 2.44. The van der Waals surface area contributed by atoms with Crippen LogP contribution in [0.25, 0.3) is 0 Å². The van der Waals surface area contributed by atoms with Crippen LogP contribution in [0.15, 0.2) is 12.1 Å². The molecule has 6 nitrogen and oxygen atoms in total. The van der Waals surface area contributed by atoms with Crippen molar-refractivity contribution >= 4 is 5.97 Å². The number of esters is 1. The number of nitrogens with zero attached hydrogens (tertiary/aromatic N) is 1. The summed E-state index contributed by atoms with van der Waals surface area (Å²) in [6.45, 7) is 9.39. The third kappa shape index (κ3) is 4.75. The second-order valence-electron chi connectivity index (χ2n) is 9.24. The zero-order valence-corrected chi connectivity index (χ0v) is 18.7. The van der Waals surface area contributed by atoms with E-state index in [1.54, 1.807) is 0 Å². The molecule has 0 spiro atoms. The molecular formula is C24H38N2O4. The van der Waals surface area contributed by atoms with E-state index in [2.05, 4.69) is 18.7 Å². The van der Waals surface area contributed by atoms with E-state index in [1.807, 2.05) is 13.8 Å². The van der Waals surface area contributed by atoms with Crippen molar-refractivity contribution in [2.45, 2.75) is 65.1 Å². The number of methoxy groups -OCH3 is 2. The van der Waals surface area contributed by atoms with E-state index >= 15 is 0 Å². The number of rotatable bonds is 7. The Morgan fingerprint density at radius 1 is 1.30 bits per heavy atom. The van der Waals surface area contributed by atoms with Gasteiger partial charge in [0.1, 0.15) is 12.1 Å². The van der Waals surface area contributed by atoms with Gasteiger partial charge in [-0.3, -0.25) is 9.69 Å². The first-order chi connectivity index (χ1) is 16.2. The van der Waals surface area contributed by atoms with Crippen molar-refractivity contribution in [3.05, 3.63) is 23.2 Å². The summed E-state index contributed by atoms with van der Waals surface area (Å²) in [4.78, 5) is 15.1. The average molecular weight is 424 g/mol. The molecule has 2 aliphatic rings. The summed E-state index contributed by atoms with van der Waals surface area (Å²) in [7, 11) is -1.43. The van der Waals surface area contributed by atoms with Gasteiger partial charge < -0.3 is 19.9 Å². The Bertz CT molecular complexity index is 938. The zero-order valence-electron chi connectivity index (χ0n) is 23.7. The summed E-state index contributed by atoms with van der Waals surface area (Å²) < 4.78 is 56.4. The topological polar surface area (TPSA) is 74.0 Å². The molecule has 1 fully saturated rings. The maximum absolute atomic E-state index is 12.8. The van der Waals surface area contributed by atoms with Crippen LogP contribution in [-0.2, 0) is 16.0 Å². The number of carbonyl (C=O) groups excluding carboxylic acids is 1. The van der Waals surface area contributed by atoms with Crippen LogP contribution in [-0.4, -0.2) is 50.3 Å². The third-order valence-electron chi connectivity index (χ3n) is 6.26. The van der Waals surface area contributed by atoms with Crippen LogP contribution < -0.4 is 15.2 Å². The van der Waals surface area contributed by atoms with Crippen LogP contribution in [0.1, 0.15) is 64.6 Å². The molecule has 1 aromatic carbocycles. The maximum atomic E-state index is 12.8. The van der Waals surface area contributed by atoms with E-state index in [9.17, 15) is 4.79 Å². The van der Waals surface area contributed by atoms with Gasteiger partial charge in [0.25, 0.3) is 0 Å². The molecule has 1 aromatic rings. The van der Waals surface area contributed by atoms with Crippen LogP contribution in [0.4, 0.5) is 0 Å². The summed E-state index contributed by atoms with van der Waals surface area (Å²) in [5.41, 5.74) is 7.27. The second kappa shape index (κ2) is 9.56. The van der Waals surface area contributed by atoms with Crippen molar-refractivity contribution in [1.29, 1.82) is 0 Å². The Morgan fingerprint density at radius 2 is 2.03 bits per heavy atom. The fraction of sp³-hybridized carbons (Fsp3) is 0.708. The van der Waals surface area contributed by atoms with Crippen molar-refractivity contribution in [2.75, 3.05) is 27.2 Å². The smallest absolute Gasteiger partial charge is 0.323 e. The number of piperidine rings is 1. The molecule has 2 aliphatic heterocycles. The third-order valence-corrected chi connectivity index (χ3v) is 6.26. The Morgan fingerprint density at radius 3 is 2.67 bits per heavy atom. The van der Waals surface area contributed by atoms with Crippen molar-refractivity contribution in [3.63, 3.8) is 0 Å². The molecule has 3 unspecified atom stereocenters. The molecule has 4 atom stereocenters. The molecule has 3 rings (SSSR count). The number of hydrogen-bond acceptors (Lipinski definition) is 6. The largest absolute Gasteiger partial charge is 0.493 e. The lowest BCUT2D eigenvalue weighted by atomic mass is 9.79. The van der Waals surface area contributed by atoms with Crippen LogP contribution in [0.3, 0.4) is 0 Å². The van der Waals surface area contributed by atoms with Crippen LogP contribution >= 0.6 is 0 Å². The summed E-state index contributed by atoms with van der Waals surface area (Å²) in [6, 6.07) is -1.03. The molecule has 1 saturated heterocycles. The van der Waals surface area contributed by atoms with Gasteiger partial charge in [-0.2, -0.15) is 0 Å². The van der Waals surface area contributed by atoms with Crippen LogP contribution in [0.2, 0.25) is 0 Å². The van der Waals surface area contributed by atoms with Gasteiger partial charge in [-0.25, -0.2) is 0 Å². The average Bonchev–Trinajstić information content (AvgIpc) is 2.75. The van der Waals surface area contributed by atoms with Crippen molar-refractivity contribution in [2.24, 2.45) is 23.5 Å². The predicted molar refractivity (Wildman–Crippen MR) is 118 cm³/mol. The van der Waals surface area contributed by atoms with Gasteiger partial charge in [-0.15, -0.1) is 0 Å². The van der Waals surface area contributed by atoms with Gasteiger partial charge in [0, 0.05) is 31.5 Å². The SMILES string of the molecule is [2H]c1c2c(c([2H])c(OC)c1OC([2H])([2H])[2H])C1CC(OC(=O)[C@@H](N)C(C)C)C(CC(C)C)CN1CC2. The summed E-state index contributed by atoms with van der Waals surface area (Å²) in [5, 5.41) is 0. The van der Waals surface area contributed by atoms with E-state index in [0.717, 1.165) is 6.42 Å². The molecular weight excluding hydrogens is 380 g/mol. The number of nitrogens with two attached hydrogens (primary N) is 1. The van der Waals surface area contributed by atoms with Crippen LogP contribution in [0, 0.1) is 17.8 Å². The molecule has 168 valence electrons. The lowest BCUT2D eigenvalue weighted by molar-refractivity contribution is -0.160. The molecule has 0 aliphatic carbocycles. The minimum atomic E-state index is -2.77. The fourth-order valence-electron chi connectivity index (χ4n) is 4.60. The number of fused-ring (bicyclic) bond motifs is 3. The van der Waals surface area contributed by atoms with Gasteiger partial charge in [-0.05, 0) is 47.9 Å². The minimum absolute atomic E-state index is 0.0127. The van der Waals surface area contributed by atoms with Gasteiger partial charge in [0.15, 0.2) is 11.5 Å². The lowest BCUT2D eigenvalue weighted by Gasteiger charge is -2.47. The number of carbonyl (C=O) groups is 1. The summed E-state index contributed by atoms with van der Waals surface area (Å²) in [5.74, 6) is -0.223. The number of benzene rings is 1. The Labute approximate surface area is 188 Å². The highest BCUT2D eigenvalue weighted by Gasteiger charge is 2.41. The normalized spacial score (nSPS) is 27.7. The first-order valence-corrected chi connectivity index (χ1v) is 10.8. The molecule has 6 heteroatoms. The molecule has 0 aromatic heterocycles. The first kappa shape index (κ1) is 16.8. The molecule has 30 heavy (non-hydrogen) atoms. The van der Waals surface area contributed by atoms with E-state index in [1.165, 1.54) is 7.11 Å². The monoisotopic (exact) mass is 423 g/mol. The van der Waals surface area contributed by atoms with E-state index in [-0.39, 0.29) is 47.6 Å². The van der Waals surface area contributed by atoms with Crippen molar-refractivity contribution in [1.82, 2.24) is 4.90 Å².